The Bertz CT molecular complexity index is 1780. The van der Waals surface area contributed by atoms with Gasteiger partial charge in [0.15, 0.2) is 0 Å². The molecule has 0 N–H and O–H groups in total. The summed E-state index contributed by atoms with van der Waals surface area (Å²) in [6.45, 7) is 0. The summed E-state index contributed by atoms with van der Waals surface area (Å²) in [4.78, 5) is 1.77. The molecule has 2 heterocycles. The third-order valence-electron chi connectivity index (χ3n) is 6.21. The van der Waals surface area contributed by atoms with Crippen molar-refractivity contribution in [3.63, 3.8) is 0 Å². The summed E-state index contributed by atoms with van der Waals surface area (Å²) in [5, 5.41) is 15.7. The summed E-state index contributed by atoms with van der Waals surface area (Å²) in [6.07, 6.45) is 2.13. The molecule has 0 radical (unpaired) electrons. The Kier molecular flexibility index (Phi) is 3.52. The van der Waals surface area contributed by atoms with Crippen molar-refractivity contribution in [2.75, 3.05) is 0 Å². The molecule has 4 nitrogen and oxygen atoms in total. The summed E-state index contributed by atoms with van der Waals surface area (Å²) in [5.41, 5.74) is 5.06. The second-order valence-electron chi connectivity index (χ2n) is 8.04. The Hall–Kier alpha value is -4.44. The summed E-state index contributed by atoms with van der Waals surface area (Å²) in [5.74, 6) is 0. The molecule has 150 valence electrons. The van der Waals surface area contributed by atoms with Crippen molar-refractivity contribution in [2.24, 2.45) is 0 Å². The van der Waals surface area contributed by atoms with Crippen LogP contribution in [0.3, 0.4) is 0 Å². The molecule has 0 fully saturated rings. The van der Waals surface area contributed by atoms with E-state index in [0.717, 1.165) is 38.6 Å². The minimum atomic E-state index is 0.879. The molecular formula is C28H18N4. The minimum Gasteiger partial charge on any atom is -0.316 e. The fraction of sp³-hybridized carbons (Fsp3) is 0. The van der Waals surface area contributed by atoms with E-state index in [0.29, 0.717) is 0 Å². The van der Waals surface area contributed by atoms with Gasteiger partial charge in [-0.25, -0.2) is 0 Å². The number of hydrogen-bond acceptors (Lipinski definition) is 2. The van der Waals surface area contributed by atoms with Crippen molar-refractivity contribution < 1.29 is 0 Å². The first-order chi connectivity index (χ1) is 15.9. The third-order valence-corrected chi connectivity index (χ3v) is 6.21. The van der Waals surface area contributed by atoms with E-state index >= 15 is 0 Å². The third kappa shape index (κ3) is 2.44. The second-order valence-corrected chi connectivity index (χ2v) is 8.04. The molecule has 0 unspecified atom stereocenters. The maximum atomic E-state index is 4.94. The Labute approximate surface area is 183 Å². The van der Waals surface area contributed by atoms with Crippen molar-refractivity contribution in [1.82, 2.24) is 19.6 Å². The van der Waals surface area contributed by atoms with Crippen LogP contribution in [0.1, 0.15) is 0 Å². The average Bonchev–Trinajstić information content (AvgIpc) is 3.48. The Morgan fingerprint density at radius 3 is 2.16 bits per heavy atom. The largest absolute Gasteiger partial charge is 0.316 e. The molecule has 7 aromatic rings. The minimum absolute atomic E-state index is 0.879. The monoisotopic (exact) mass is 410 g/mol. The lowest BCUT2D eigenvalue weighted by molar-refractivity contribution is 0.772. The molecular weight excluding hydrogens is 392 g/mol. The van der Waals surface area contributed by atoms with E-state index in [-0.39, 0.29) is 0 Å². The number of hydrogen-bond donors (Lipinski definition) is 0. The van der Waals surface area contributed by atoms with Gasteiger partial charge in [0, 0.05) is 22.4 Å². The van der Waals surface area contributed by atoms with Crippen LogP contribution in [0.5, 0.6) is 0 Å². The Morgan fingerprint density at radius 1 is 0.531 bits per heavy atom. The maximum absolute atomic E-state index is 4.94. The van der Waals surface area contributed by atoms with E-state index in [1.54, 1.807) is 4.80 Å². The fourth-order valence-electron chi connectivity index (χ4n) is 4.71. The summed E-state index contributed by atoms with van der Waals surface area (Å²) >= 11 is 0. The lowest BCUT2D eigenvalue weighted by Gasteiger charge is -2.10. The van der Waals surface area contributed by atoms with Crippen molar-refractivity contribution in [3.8, 4) is 11.4 Å². The molecule has 0 aliphatic heterocycles. The van der Waals surface area contributed by atoms with Crippen molar-refractivity contribution >= 4 is 43.5 Å². The lowest BCUT2D eigenvalue weighted by Crippen LogP contribution is -1.99. The van der Waals surface area contributed by atoms with Crippen LogP contribution < -0.4 is 0 Å². The van der Waals surface area contributed by atoms with Crippen molar-refractivity contribution in [3.05, 3.63) is 109 Å². The molecule has 32 heavy (non-hydrogen) atoms. The number of nitrogens with zero attached hydrogens (tertiary/aromatic N) is 4. The van der Waals surface area contributed by atoms with Crippen LogP contribution in [-0.2, 0) is 0 Å². The molecule has 0 spiro atoms. The van der Waals surface area contributed by atoms with Gasteiger partial charge in [-0.2, -0.15) is 0 Å². The van der Waals surface area contributed by atoms with Crippen LogP contribution >= 0.6 is 0 Å². The Balaban J connectivity index is 1.54. The molecule has 0 aliphatic carbocycles. The first kappa shape index (κ1) is 17.3. The van der Waals surface area contributed by atoms with Gasteiger partial charge in [0.1, 0.15) is 11.0 Å². The zero-order valence-corrected chi connectivity index (χ0v) is 17.2. The lowest BCUT2D eigenvalue weighted by atomic mass is 10.1. The smallest absolute Gasteiger partial charge is 0.121 e. The van der Waals surface area contributed by atoms with E-state index < -0.39 is 0 Å². The molecule has 0 saturated heterocycles. The molecule has 0 aliphatic rings. The molecule has 2 aromatic heterocycles. The van der Waals surface area contributed by atoms with Crippen molar-refractivity contribution in [1.29, 1.82) is 0 Å². The highest BCUT2D eigenvalue weighted by atomic mass is 15.5. The van der Waals surface area contributed by atoms with Crippen LogP contribution in [0.2, 0.25) is 0 Å². The summed E-state index contributed by atoms with van der Waals surface area (Å²) < 4.78 is 2.24. The van der Waals surface area contributed by atoms with Gasteiger partial charge in [-0.1, -0.05) is 78.9 Å². The van der Waals surface area contributed by atoms with E-state index in [9.17, 15) is 0 Å². The highest BCUT2D eigenvalue weighted by Crippen LogP contribution is 2.32. The highest BCUT2D eigenvalue weighted by molar-refractivity contribution is 6.08. The van der Waals surface area contributed by atoms with E-state index in [1.807, 2.05) is 0 Å². The number of rotatable bonds is 2. The summed E-state index contributed by atoms with van der Waals surface area (Å²) in [7, 11) is 0. The molecule has 0 amide bonds. The SMILES string of the molecule is c1ccc2c(-n3nc4cc(-n5ccc6ccccc65)c5ccccc5c4n3)cccc2c1. The van der Waals surface area contributed by atoms with Crippen LogP contribution in [0, 0.1) is 0 Å². The average molecular weight is 410 g/mol. The highest BCUT2D eigenvalue weighted by Gasteiger charge is 2.15. The number of para-hydroxylation sites is 1. The number of benzene rings is 5. The molecule has 0 saturated carbocycles. The first-order valence-corrected chi connectivity index (χ1v) is 10.7. The second kappa shape index (κ2) is 6.53. The van der Waals surface area contributed by atoms with Gasteiger partial charge < -0.3 is 4.57 Å². The zero-order chi connectivity index (χ0) is 21.1. The standard InChI is InChI=1S/C28H18N4/c1-3-11-21-19(8-1)10-7-15-26(21)32-29-24-18-27(22-12-4-5-13-23(22)28(24)30-32)31-17-16-20-9-2-6-14-25(20)31/h1-18H. The fourth-order valence-corrected chi connectivity index (χ4v) is 4.71. The van der Waals surface area contributed by atoms with Gasteiger partial charge in [-0.3, -0.25) is 0 Å². The molecule has 4 heteroatoms. The van der Waals surface area contributed by atoms with Gasteiger partial charge in [0.25, 0.3) is 0 Å². The van der Waals surface area contributed by atoms with Gasteiger partial charge in [0.05, 0.1) is 16.9 Å². The summed E-state index contributed by atoms with van der Waals surface area (Å²) in [6, 6.07) is 35.8. The number of aromatic nitrogens is 4. The van der Waals surface area contributed by atoms with Crippen LogP contribution in [0.4, 0.5) is 0 Å². The van der Waals surface area contributed by atoms with Crippen molar-refractivity contribution in [2.45, 2.75) is 0 Å². The van der Waals surface area contributed by atoms with E-state index in [1.165, 1.54) is 16.3 Å². The van der Waals surface area contributed by atoms with Gasteiger partial charge in [-0.05, 0) is 35.0 Å². The molecule has 5 aromatic carbocycles. The molecule has 0 atom stereocenters. The van der Waals surface area contributed by atoms with Crippen LogP contribution in [0.25, 0.3) is 54.9 Å². The predicted octanol–water partition coefficient (Wildman–Crippen LogP) is 6.67. The molecule has 0 bridgehead atoms. The normalized spacial score (nSPS) is 11.8. The first-order valence-electron chi connectivity index (χ1n) is 10.7. The topological polar surface area (TPSA) is 35.6 Å². The number of fused-ring (bicyclic) bond motifs is 5. The van der Waals surface area contributed by atoms with Gasteiger partial charge in [-0.15, -0.1) is 15.0 Å². The van der Waals surface area contributed by atoms with Crippen LogP contribution in [-0.4, -0.2) is 19.6 Å². The van der Waals surface area contributed by atoms with E-state index in [2.05, 4.69) is 114 Å². The maximum Gasteiger partial charge on any atom is 0.121 e. The van der Waals surface area contributed by atoms with Gasteiger partial charge in [0.2, 0.25) is 0 Å². The van der Waals surface area contributed by atoms with Crippen LogP contribution in [0.15, 0.2) is 109 Å². The zero-order valence-electron chi connectivity index (χ0n) is 17.2. The predicted molar refractivity (Wildman–Crippen MR) is 131 cm³/mol. The quantitative estimate of drug-likeness (QED) is 0.319. The Morgan fingerprint density at radius 2 is 1.25 bits per heavy atom. The van der Waals surface area contributed by atoms with Gasteiger partial charge >= 0.3 is 0 Å². The van der Waals surface area contributed by atoms with E-state index in [4.69, 9.17) is 10.2 Å². The molecule has 7 rings (SSSR count).